The number of hydrogen-bond donors (Lipinski definition) is 1. The molecule has 0 bridgehead atoms. The molecule has 3 aromatic carbocycles. The van der Waals surface area contributed by atoms with E-state index in [4.69, 9.17) is 9.47 Å². The lowest BCUT2D eigenvalue weighted by Gasteiger charge is -2.17. The number of para-hydroxylation sites is 1. The van der Waals surface area contributed by atoms with Gasteiger partial charge < -0.3 is 19.7 Å². The summed E-state index contributed by atoms with van der Waals surface area (Å²) in [6.07, 6.45) is 3.54. The maximum atomic E-state index is 13.6. The molecule has 8 heteroatoms. The Bertz CT molecular complexity index is 1410. The van der Waals surface area contributed by atoms with Gasteiger partial charge in [0.2, 0.25) is 0 Å². The first-order chi connectivity index (χ1) is 17.6. The lowest BCUT2D eigenvalue weighted by Crippen LogP contribution is -2.27. The van der Waals surface area contributed by atoms with Crippen molar-refractivity contribution in [1.82, 2.24) is 14.7 Å². The van der Waals surface area contributed by atoms with Crippen LogP contribution in [0, 0.1) is 0 Å². The number of nitrogens with zero attached hydrogens (tertiary/aromatic N) is 3. The fourth-order valence-corrected chi connectivity index (χ4v) is 4.13. The molecule has 2 heterocycles. The zero-order chi connectivity index (χ0) is 24.9. The van der Waals surface area contributed by atoms with Crippen molar-refractivity contribution < 1.29 is 14.3 Å². The predicted octanol–water partition coefficient (Wildman–Crippen LogP) is 5.01. The summed E-state index contributed by atoms with van der Waals surface area (Å²) in [4.78, 5) is 28.3. The molecule has 182 valence electrons. The van der Waals surface area contributed by atoms with E-state index >= 15 is 0 Å². The van der Waals surface area contributed by atoms with Gasteiger partial charge in [-0.2, -0.15) is 9.78 Å². The monoisotopic (exact) mass is 482 g/mol. The van der Waals surface area contributed by atoms with Crippen LogP contribution in [0.4, 0.5) is 11.4 Å². The molecule has 1 aliphatic rings. The Morgan fingerprint density at radius 3 is 2.36 bits per heavy atom. The Kier molecular flexibility index (Phi) is 6.66. The van der Waals surface area contributed by atoms with Crippen LogP contribution in [-0.2, 0) is 0 Å². The first-order valence-corrected chi connectivity index (χ1v) is 11.8. The summed E-state index contributed by atoms with van der Waals surface area (Å²) in [6.45, 7) is 1.53. The minimum atomic E-state index is -0.386. The van der Waals surface area contributed by atoms with E-state index < -0.39 is 0 Å². The van der Waals surface area contributed by atoms with Gasteiger partial charge in [0.25, 0.3) is 11.5 Å². The van der Waals surface area contributed by atoms with Crippen LogP contribution in [0.25, 0.3) is 5.69 Å². The lowest BCUT2D eigenvalue weighted by molar-refractivity contribution is 0.0793. The molecule has 36 heavy (non-hydrogen) atoms. The van der Waals surface area contributed by atoms with Gasteiger partial charge in [-0.3, -0.25) is 9.59 Å². The van der Waals surface area contributed by atoms with Crippen LogP contribution in [0.5, 0.6) is 17.2 Å². The minimum Gasteiger partial charge on any atom is -0.497 e. The van der Waals surface area contributed by atoms with Gasteiger partial charge >= 0.3 is 0 Å². The highest BCUT2D eigenvalue weighted by Gasteiger charge is 2.20. The molecule has 1 saturated heterocycles. The highest BCUT2D eigenvalue weighted by Crippen LogP contribution is 2.30. The summed E-state index contributed by atoms with van der Waals surface area (Å²) in [5, 5.41) is 7.52. The molecule has 0 atom stereocenters. The average Bonchev–Trinajstić information content (AvgIpc) is 3.47. The van der Waals surface area contributed by atoms with Crippen LogP contribution < -0.4 is 20.3 Å². The summed E-state index contributed by atoms with van der Waals surface area (Å²) in [5.74, 6) is 1.46. The Hall–Kier alpha value is -4.59. The van der Waals surface area contributed by atoms with Crippen molar-refractivity contribution in [1.29, 1.82) is 0 Å². The number of hydrogen-bond acceptors (Lipinski definition) is 6. The molecule has 1 aliphatic heterocycles. The Morgan fingerprint density at radius 1 is 0.917 bits per heavy atom. The van der Waals surface area contributed by atoms with Crippen molar-refractivity contribution in [3.63, 3.8) is 0 Å². The van der Waals surface area contributed by atoms with Gasteiger partial charge in [-0.05, 0) is 67.4 Å². The van der Waals surface area contributed by atoms with E-state index in [1.807, 2.05) is 29.2 Å². The standard InChI is InChI=1S/C28H26N4O4/c1-35-23-12-14-24(15-13-23)36-25-19-29-32(22-10-3-2-4-11-22)28(34)26(25)30-21-9-7-8-20(18-21)27(33)31-16-5-6-17-31/h2-4,7-15,18-19,30H,5-6,16-17H2,1H3. The maximum absolute atomic E-state index is 13.6. The van der Waals surface area contributed by atoms with E-state index in [2.05, 4.69) is 10.4 Å². The Labute approximate surface area is 208 Å². The average molecular weight is 483 g/mol. The normalized spacial score (nSPS) is 12.9. The summed E-state index contributed by atoms with van der Waals surface area (Å²) < 4.78 is 12.6. The number of aromatic nitrogens is 2. The molecule has 4 aromatic rings. The lowest BCUT2D eigenvalue weighted by atomic mass is 10.1. The van der Waals surface area contributed by atoms with E-state index in [1.165, 1.54) is 10.9 Å². The van der Waals surface area contributed by atoms with Gasteiger partial charge in [0.1, 0.15) is 11.5 Å². The summed E-state index contributed by atoms with van der Waals surface area (Å²) in [7, 11) is 1.59. The Morgan fingerprint density at radius 2 is 1.64 bits per heavy atom. The van der Waals surface area contributed by atoms with Crippen LogP contribution in [0.15, 0.2) is 89.9 Å². The molecule has 0 radical (unpaired) electrons. The third kappa shape index (κ3) is 4.93. The van der Waals surface area contributed by atoms with Crippen molar-refractivity contribution in [3.05, 3.63) is 101 Å². The van der Waals surface area contributed by atoms with E-state index in [0.717, 1.165) is 25.9 Å². The van der Waals surface area contributed by atoms with Gasteiger partial charge in [0, 0.05) is 24.3 Å². The molecule has 0 spiro atoms. The van der Waals surface area contributed by atoms with Crippen molar-refractivity contribution in [2.24, 2.45) is 0 Å². The second kappa shape index (κ2) is 10.4. The number of anilines is 2. The first-order valence-electron chi connectivity index (χ1n) is 11.8. The fourth-order valence-electron chi connectivity index (χ4n) is 4.13. The molecule has 8 nitrogen and oxygen atoms in total. The zero-order valence-corrected chi connectivity index (χ0v) is 19.9. The number of nitrogens with one attached hydrogen (secondary N) is 1. The van der Waals surface area contributed by atoms with E-state index in [9.17, 15) is 9.59 Å². The first kappa shape index (κ1) is 23.2. The molecule has 1 N–H and O–H groups in total. The SMILES string of the molecule is COc1ccc(Oc2cnn(-c3ccccc3)c(=O)c2Nc2cccc(C(=O)N3CCCC3)c2)cc1. The molecule has 0 aliphatic carbocycles. The molecule has 1 aromatic heterocycles. The number of methoxy groups -OCH3 is 1. The zero-order valence-electron chi connectivity index (χ0n) is 19.9. The number of carbonyl (C=O) groups excluding carboxylic acids is 1. The Balaban J connectivity index is 1.52. The van der Waals surface area contributed by atoms with Crippen LogP contribution in [0.3, 0.4) is 0 Å². The van der Waals surface area contributed by atoms with Crippen molar-refractivity contribution in [2.45, 2.75) is 12.8 Å². The van der Waals surface area contributed by atoms with Crippen molar-refractivity contribution >= 4 is 17.3 Å². The van der Waals surface area contributed by atoms with E-state index in [1.54, 1.807) is 61.7 Å². The number of amides is 1. The molecule has 1 amide bonds. The fraction of sp³-hybridized carbons (Fsp3) is 0.179. The number of benzene rings is 3. The van der Waals surface area contributed by atoms with Crippen LogP contribution >= 0.6 is 0 Å². The quantitative estimate of drug-likeness (QED) is 0.398. The van der Waals surface area contributed by atoms with Gasteiger partial charge in [0.15, 0.2) is 11.4 Å². The third-order valence-corrected chi connectivity index (χ3v) is 6.00. The third-order valence-electron chi connectivity index (χ3n) is 6.00. The molecular formula is C28H26N4O4. The van der Waals surface area contributed by atoms with Crippen LogP contribution in [-0.4, -0.2) is 40.8 Å². The number of likely N-dealkylation sites (tertiary alicyclic amines) is 1. The van der Waals surface area contributed by atoms with E-state index in [0.29, 0.717) is 28.4 Å². The molecule has 1 fully saturated rings. The topological polar surface area (TPSA) is 85.7 Å². The predicted molar refractivity (Wildman–Crippen MR) is 138 cm³/mol. The highest BCUT2D eigenvalue weighted by atomic mass is 16.5. The van der Waals surface area contributed by atoms with Crippen LogP contribution in [0.1, 0.15) is 23.2 Å². The molecule has 5 rings (SSSR count). The summed E-state index contributed by atoms with van der Waals surface area (Å²) in [6, 6.07) is 23.4. The van der Waals surface area contributed by atoms with Gasteiger partial charge in [-0.1, -0.05) is 24.3 Å². The highest BCUT2D eigenvalue weighted by molar-refractivity contribution is 5.95. The molecule has 0 unspecified atom stereocenters. The van der Waals surface area contributed by atoms with Crippen molar-refractivity contribution in [3.8, 4) is 22.9 Å². The summed E-state index contributed by atoms with van der Waals surface area (Å²) in [5.41, 5.74) is 1.61. The molecular weight excluding hydrogens is 456 g/mol. The van der Waals surface area contributed by atoms with E-state index in [-0.39, 0.29) is 22.9 Å². The van der Waals surface area contributed by atoms with Gasteiger partial charge in [-0.25, -0.2) is 0 Å². The number of rotatable bonds is 7. The number of carbonyl (C=O) groups is 1. The second-order valence-corrected chi connectivity index (χ2v) is 8.42. The minimum absolute atomic E-state index is 0.0118. The number of ether oxygens (including phenoxy) is 2. The largest absolute Gasteiger partial charge is 0.497 e. The van der Waals surface area contributed by atoms with Gasteiger partial charge in [0.05, 0.1) is 19.0 Å². The van der Waals surface area contributed by atoms with Crippen LogP contribution in [0.2, 0.25) is 0 Å². The molecule has 0 saturated carbocycles. The smallest absolute Gasteiger partial charge is 0.299 e. The van der Waals surface area contributed by atoms with Gasteiger partial charge in [-0.15, -0.1) is 0 Å². The van der Waals surface area contributed by atoms with Crippen molar-refractivity contribution in [2.75, 3.05) is 25.5 Å². The second-order valence-electron chi connectivity index (χ2n) is 8.42. The summed E-state index contributed by atoms with van der Waals surface area (Å²) >= 11 is 0. The maximum Gasteiger partial charge on any atom is 0.299 e.